The van der Waals surface area contributed by atoms with Crippen LogP contribution in [0.3, 0.4) is 0 Å². The Balaban J connectivity index is 1.44. The number of hydrogen-bond donors (Lipinski definition) is 1. The molecule has 1 heterocycles. The molecule has 1 N–H and O–H groups in total. The Morgan fingerprint density at radius 2 is 1.65 bits per heavy atom. The Hall–Kier alpha value is -1.40. The first-order chi connectivity index (χ1) is 12.3. The summed E-state index contributed by atoms with van der Waals surface area (Å²) in [6.45, 7) is 8.96. The van der Waals surface area contributed by atoms with E-state index < -0.39 is 6.10 Å². The van der Waals surface area contributed by atoms with Crippen molar-refractivity contribution in [2.75, 3.05) is 6.61 Å². The number of rotatable bonds is 7. The van der Waals surface area contributed by atoms with Crippen LogP contribution in [0.5, 0.6) is 0 Å². The van der Waals surface area contributed by atoms with Gasteiger partial charge in [0.1, 0.15) is 0 Å². The van der Waals surface area contributed by atoms with Crippen LogP contribution in [-0.4, -0.2) is 36.1 Å². The smallest absolute Gasteiger partial charge is 0.403 e. The molecule has 1 aliphatic heterocycles. The first-order valence-electron chi connectivity index (χ1n) is 9.36. The number of hydrogen-bond acceptors (Lipinski definition) is 4. The second kappa shape index (κ2) is 7.69. The molecule has 1 unspecified atom stereocenters. The third-order valence-corrected chi connectivity index (χ3v) is 5.49. The minimum absolute atomic E-state index is 0.271. The molecule has 2 aromatic carbocycles. The lowest BCUT2D eigenvalue weighted by molar-refractivity contribution is 0.00578. The summed E-state index contributed by atoms with van der Waals surface area (Å²) in [5.41, 5.74) is 0.488. The maximum Gasteiger partial charge on any atom is 0.457 e. The van der Waals surface area contributed by atoms with Crippen LogP contribution in [-0.2, 0) is 20.7 Å². The first-order valence-corrected chi connectivity index (χ1v) is 9.36. The maximum absolute atomic E-state index is 10.2. The Kier molecular flexibility index (Phi) is 5.73. The van der Waals surface area contributed by atoms with Gasteiger partial charge in [-0.1, -0.05) is 42.5 Å². The number of benzene rings is 2. The van der Waals surface area contributed by atoms with Crippen LogP contribution in [0.2, 0.25) is 6.32 Å². The van der Waals surface area contributed by atoms with Crippen molar-refractivity contribution in [3.8, 4) is 0 Å². The van der Waals surface area contributed by atoms with Crippen molar-refractivity contribution < 1.29 is 19.2 Å². The predicted molar refractivity (Wildman–Crippen MR) is 105 cm³/mol. The fourth-order valence-electron chi connectivity index (χ4n) is 3.22. The fourth-order valence-corrected chi connectivity index (χ4v) is 3.22. The highest BCUT2D eigenvalue weighted by atomic mass is 16.7. The maximum atomic E-state index is 10.2. The van der Waals surface area contributed by atoms with E-state index in [9.17, 15) is 5.11 Å². The molecule has 0 radical (unpaired) electrons. The average Bonchev–Trinajstić information content (AvgIpc) is 2.80. The zero-order chi connectivity index (χ0) is 18.8. The van der Waals surface area contributed by atoms with Crippen LogP contribution in [0, 0.1) is 0 Å². The summed E-state index contributed by atoms with van der Waals surface area (Å²) in [5.74, 6) is 0. The Morgan fingerprint density at radius 1 is 1.00 bits per heavy atom. The summed E-state index contributed by atoms with van der Waals surface area (Å²) in [6, 6.07) is 14.5. The standard InChI is InChI=1S/C21H29BO4/c1-20(2)21(3,4)26-22(25-20)13-12-18(23)15-24-14-17-10-7-9-16-8-5-6-11-19(16)17/h5-11,18,23H,12-15H2,1-4H3. The lowest BCUT2D eigenvalue weighted by Gasteiger charge is -2.32. The molecule has 0 amide bonds. The van der Waals surface area contributed by atoms with Gasteiger partial charge < -0.3 is 19.2 Å². The highest BCUT2D eigenvalue weighted by molar-refractivity contribution is 6.45. The van der Waals surface area contributed by atoms with E-state index in [1.165, 1.54) is 10.8 Å². The summed E-state index contributed by atoms with van der Waals surface area (Å²) in [7, 11) is -0.271. The molecule has 2 aromatic rings. The van der Waals surface area contributed by atoms with Crippen LogP contribution in [0.4, 0.5) is 0 Å². The van der Waals surface area contributed by atoms with E-state index in [1.807, 2.05) is 45.9 Å². The van der Waals surface area contributed by atoms with Crippen LogP contribution >= 0.6 is 0 Å². The Labute approximate surface area is 156 Å². The second-order valence-corrected chi connectivity index (χ2v) is 8.07. The molecule has 1 aliphatic rings. The number of aliphatic hydroxyl groups excluding tert-OH is 1. The fraction of sp³-hybridized carbons (Fsp3) is 0.524. The summed E-state index contributed by atoms with van der Waals surface area (Å²) < 4.78 is 17.7. The van der Waals surface area contributed by atoms with Crippen molar-refractivity contribution in [3.05, 3.63) is 48.0 Å². The Bertz CT molecular complexity index is 722. The van der Waals surface area contributed by atoms with Gasteiger partial charge in [-0.25, -0.2) is 0 Å². The van der Waals surface area contributed by atoms with Gasteiger partial charge in [-0.15, -0.1) is 0 Å². The molecule has 4 nitrogen and oxygen atoms in total. The summed E-state index contributed by atoms with van der Waals surface area (Å²) in [5, 5.41) is 12.6. The average molecular weight is 356 g/mol. The van der Waals surface area contributed by atoms with Gasteiger partial charge in [-0.3, -0.25) is 0 Å². The van der Waals surface area contributed by atoms with E-state index in [0.717, 1.165) is 5.56 Å². The largest absolute Gasteiger partial charge is 0.457 e. The first kappa shape index (κ1) is 19.4. The van der Waals surface area contributed by atoms with Gasteiger partial charge in [0, 0.05) is 0 Å². The second-order valence-electron chi connectivity index (χ2n) is 8.07. The SMILES string of the molecule is CC1(C)OB(CCC(O)COCc2cccc3ccccc23)OC1(C)C. The molecule has 26 heavy (non-hydrogen) atoms. The monoisotopic (exact) mass is 356 g/mol. The zero-order valence-corrected chi connectivity index (χ0v) is 16.2. The van der Waals surface area contributed by atoms with Crippen molar-refractivity contribution >= 4 is 17.9 Å². The van der Waals surface area contributed by atoms with E-state index in [0.29, 0.717) is 26.0 Å². The van der Waals surface area contributed by atoms with E-state index >= 15 is 0 Å². The van der Waals surface area contributed by atoms with Crippen molar-refractivity contribution in [1.29, 1.82) is 0 Å². The number of ether oxygens (including phenoxy) is 1. The van der Waals surface area contributed by atoms with Crippen molar-refractivity contribution in [2.45, 2.75) is 64.3 Å². The van der Waals surface area contributed by atoms with Crippen molar-refractivity contribution in [2.24, 2.45) is 0 Å². The van der Waals surface area contributed by atoms with Gasteiger partial charge in [0.05, 0.1) is 30.5 Å². The molecule has 0 aromatic heterocycles. The molecule has 1 saturated heterocycles. The minimum Gasteiger partial charge on any atom is -0.403 e. The molecule has 1 atom stereocenters. The topological polar surface area (TPSA) is 47.9 Å². The molecule has 140 valence electrons. The van der Waals surface area contributed by atoms with E-state index in [1.54, 1.807) is 0 Å². The van der Waals surface area contributed by atoms with Gasteiger partial charge in [-0.05, 0) is 56.8 Å². The third kappa shape index (κ3) is 4.29. The van der Waals surface area contributed by atoms with Crippen LogP contribution < -0.4 is 0 Å². The van der Waals surface area contributed by atoms with Gasteiger partial charge >= 0.3 is 7.12 Å². The highest BCUT2D eigenvalue weighted by Crippen LogP contribution is 2.38. The molecule has 0 aliphatic carbocycles. The lowest BCUT2D eigenvalue weighted by atomic mass is 9.82. The van der Waals surface area contributed by atoms with E-state index in [4.69, 9.17) is 14.0 Å². The van der Waals surface area contributed by atoms with Crippen LogP contribution in [0.25, 0.3) is 10.8 Å². The molecular weight excluding hydrogens is 327 g/mol. The minimum atomic E-state index is -0.524. The van der Waals surface area contributed by atoms with Gasteiger partial charge in [0.15, 0.2) is 0 Å². The van der Waals surface area contributed by atoms with Crippen LogP contribution in [0.15, 0.2) is 42.5 Å². The molecule has 0 bridgehead atoms. The van der Waals surface area contributed by atoms with Crippen molar-refractivity contribution in [1.82, 2.24) is 0 Å². The van der Waals surface area contributed by atoms with Crippen LogP contribution in [0.1, 0.15) is 39.7 Å². The Morgan fingerprint density at radius 3 is 2.38 bits per heavy atom. The van der Waals surface area contributed by atoms with E-state index in [-0.39, 0.29) is 18.3 Å². The predicted octanol–water partition coefficient (Wildman–Crippen LogP) is 4.20. The highest BCUT2D eigenvalue weighted by Gasteiger charge is 2.50. The molecule has 3 rings (SSSR count). The number of fused-ring (bicyclic) bond motifs is 1. The quantitative estimate of drug-likeness (QED) is 0.756. The zero-order valence-electron chi connectivity index (χ0n) is 16.2. The summed E-state index contributed by atoms with van der Waals surface area (Å²) in [6.07, 6.45) is 0.724. The normalized spacial score (nSPS) is 19.8. The molecule has 0 saturated carbocycles. The van der Waals surface area contributed by atoms with Gasteiger partial charge in [0.2, 0.25) is 0 Å². The molecule has 5 heteroatoms. The van der Waals surface area contributed by atoms with Gasteiger partial charge in [0.25, 0.3) is 0 Å². The summed E-state index contributed by atoms with van der Waals surface area (Å²) >= 11 is 0. The van der Waals surface area contributed by atoms with Crippen molar-refractivity contribution in [3.63, 3.8) is 0 Å². The number of aliphatic hydroxyl groups is 1. The molecule has 0 spiro atoms. The molecular formula is C21H29BO4. The third-order valence-electron chi connectivity index (χ3n) is 5.49. The van der Waals surface area contributed by atoms with Gasteiger partial charge in [-0.2, -0.15) is 0 Å². The molecule has 1 fully saturated rings. The summed E-state index contributed by atoms with van der Waals surface area (Å²) in [4.78, 5) is 0. The van der Waals surface area contributed by atoms with E-state index in [2.05, 4.69) is 24.3 Å². The lowest BCUT2D eigenvalue weighted by Crippen LogP contribution is -2.41.